The van der Waals surface area contributed by atoms with E-state index in [0.717, 1.165) is 58.2 Å². The second kappa shape index (κ2) is 6.19. The largest absolute Gasteiger partial charge is 0.353 e. The summed E-state index contributed by atoms with van der Waals surface area (Å²) < 4.78 is 0. The van der Waals surface area contributed by atoms with Gasteiger partial charge in [0.2, 0.25) is 11.8 Å². The fraction of sp³-hybridized carbons (Fsp3) is 0.882. The van der Waals surface area contributed by atoms with Gasteiger partial charge in [0, 0.05) is 25.0 Å². The van der Waals surface area contributed by atoms with Crippen molar-refractivity contribution >= 4 is 11.8 Å². The molecule has 1 saturated carbocycles. The Kier molecular flexibility index (Phi) is 4.44. The van der Waals surface area contributed by atoms with Gasteiger partial charge in [-0.15, -0.1) is 0 Å². The van der Waals surface area contributed by atoms with E-state index in [1.165, 1.54) is 0 Å². The van der Waals surface area contributed by atoms with Gasteiger partial charge in [-0.3, -0.25) is 9.59 Å². The maximum Gasteiger partial charge on any atom is 0.240 e. The van der Waals surface area contributed by atoms with Crippen LogP contribution < -0.4 is 10.6 Å². The number of nitrogens with zero attached hydrogens (tertiary/aromatic N) is 1. The van der Waals surface area contributed by atoms with Crippen LogP contribution in [0, 0.1) is 11.3 Å². The van der Waals surface area contributed by atoms with E-state index < -0.39 is 0 Å². The minimum absolute atomic E-state index is 0.0341. The van der Waals surface area contributed by atoms with Crippen molar-refractivity contribution in [2.24, 2.45) is 11.3 Å². The summed E-state index contributed by atoms with van der Waals surface area (Å²) in [7, 11) is 0. The summed E-state index contributed by atoms with van der Waals surface area (Å²) in [6.07, 6.45) is 6.11. The van der Waals surface area contributed by atoms with E-state index in [4.69, 9.17) is 0 Å². The maximum atomic E-state index is 12.8. The van der Waals surface area contributed by atoms with Crippen molar-refractivity contribution in [3.63, 3.8) is 0 Å². The number of likely N-dealkylation sites (tertiary alicyclic amines) is 1. The van der Waals surface area contributed by atoms with E-state index in [-0.39, 0.29) is 35.2 Å². The monoisotopic (exact) mass is 307 g/mol. The average Bonchev–Trinajstić information content (AvgIpc) is 3.31. The Morgan fingerprint density at radius 2 is 1.82 bits per heavy atom. The van der Waals surface area contributed by atoms with Crippen molar-refractivity contribution in [2.45, 2.75) is 64.5 Å². The van der Waals surface area contributed by atoms with Gasteiger partial charge in [0.1, 0.15) is 0 Å². The van der Waals surface area contributed by atoms with Crippen LogP contribution in [0.2, 0.25) is 0 Å². The lowest BCUT2D eigenvalue weighted by molar-refractivity contribution is -0.138. The van der Waals surface area contributed by atoms with Gasteiger partial charge in [-0.25, -0.2) is 0 Å². The fourth-order valence-electron chi connectivity index (χ4n) is 3.72. The average molecular weight is 307 g/mol. The molecule has 1 unspecified atom stereocenters. The molecule has 2 N–H and O–H groups in total. The van der Waals surface area contributed by atoms with E-state index in [0.29, 0.717) is 0 Å². The predicted octanol–water partition coefficient (Wildman–Crippen LogP) is 1.28. The molecule has 2 saturated heterocycles. The molecule has 2 aliphatic heterocycles. The molecule has 0 aromatic rings. The molecule has 2 amide bonds. The Balaban J connectivity index is 1.49. The predicted molar refractivity (Wildman–Crippen MR) is 85.3 cm³/mol. The summed E-state index contributed by atoms with van der Waals surface area (Å²) in [6.45, 7) is 6.84. The topological polar surface area (TPSA) is 61.4 Å². The first-order valence-corrected chi connectivity index (χ1v) is 8.80. The van der Waals surface area contributed by atoms with Gasteiger partial charge in [0.25, 0.3) is 0 Å². The Bertz CT molecular complexity index is 437. The van der Waals surface area contributed by atoms with E-state index in [2.05, 4.69) is 24.5 Å². The van der Waals surface area contributed by atoms with Gasteiger partial charge in [0.05, 0.1) is 6.04 Å². The van der Waals surface area contributed by atoms with Crippen LogP contribution in [0.25, 0.3) is 0 Å². The van der Waals surface area contributed by atoms with Crippen LogP contribution in [-0.4, -0.2) is 48.4 Å². The first-order valence-electron chi connectivity index (χ1n) is 8.80. The van der Waals surface area contributed by atoms with Crippen molar-refractivity contribution in [2.75, 3.05) is 19.6 Å². The number of amides is 2. The molecule has 3 fully saturated rings. The summed E-state index contributed by atoms with van der Waals surface area (Å²) in [5.41, 5.74) is 0.0341. The standard InChI is InChI=1S/C17H29N3O2/c1-17(2)8-3-9-18-14(17)16(22)20-10-6-13(7-11-20)19-15(21)12-4-5-12/h12-14,18H,3-11H2,1-2H3,(H,19,21). The van der Waals surface area contributed by atoms with E-state index in [1.54, 1.807) is 0 Å². The smallest absolute Gasteiger partial charge is 0.240 e. The lowest BCUT2D eigenvalue weighted by Crippen LogP contribution is -2.58. The fourth-order valence-corrected chi connectivity index (χ4v) is 3.72. The molecule has 5 heteroatoms. The van der Waals surface area contributed by atoms with Crippen molar-refractivity contribution < 1.29 is 9.59 Å². The molecule has 2 heterocycles. The molecule has 0 bridgehead atoms. The normalized spacial score (nSPS) is 29.2. The number of carbonyl (C=O) groups excluding carboxylic acids is 2. The Hall–Kier alpha value is -1.10. The van der Waals surface area contributed by atoms with Crippen LogP contribution in [0.5, 0.6) is 0 Å². The number of hydrogen-bond donors (Lipinski definition) is 2. The molecule has 1 aliphatic carbocycles. The summed E-state index contributed by atoms with van der Waals surface area (Å²) in [5.74, 6) is 0.739. The Labute approximate surface area is 133 Å². The van der Waals surface area contributed by atoms with Gasteiger partial charge >= 0.3 is 0 Å². The Morgan fingerprint density at radius 3 is 2.41 bits per heavy atom. The summed E-state index contributed by atoms with van der Waals surface area (Å²) >= 11 is 0. The highest BCUT2D eigenvalue weighted by Gasteiger charge is 2.40. The summed E-state index contributed by atoms with van der Waals surface area (Å²) in [5, 5.41) is 6.56. The molecule has 0 aromatic carbocycles. The van der Waals surface area contributed by atoms with Crippen LogP contribution in [0.15, 0.2) is 0 Å². The van der Waals surface area contributed by atoms with Crippen molar-refractivity contribution in [1.29, 1.82) is 0 Å². The highest BCUT2D eigenvalue weighted by atomic mass is 16.2. The first-order chi connectivity index (χ1) is 10.5. The number of hydrogen-bond acceptors (Lipinski definition) is 3. The molecule has 3 rings (SSSR count). The van der Waals surface area contributed by atoms with Gasteiger partial charge in [-0.05, 0) is 50.5 Å². The summed E-state index contributed by atoms with van der Waals surface area (Å²) in [6, 6.07) is 0.198. The third-order valence-electron chi connectivity index (χ3n) is 5.48. The zero-order valence-electron chi connectivity index (χ0n) is 13.9. The zero-order valence-corrected chi connectivity index (χ0v) is 13.9. The van der Waals surface area contributed by atoms with Gasteiger partial charge in [-0.1, -0.05) is 13.8 Å². The van der Waals surface area contributed by atoms with Crippen LogP contribution in [0.1, 0.15) is 52.4 Å². The molecule has 5 nitrogen and oxygen atoms in total. The molecule has 0 aromatic heterocycles. The van der Waals surface area contributed by atoms with E-state index >= 15 is 0 Å². The SMILES string of the molecule is CC1(C)CCCNC1C(=O)N1CCC(NC(=O)C2CC2)CC1. The molecular weight excluding hydrogens is 278 g/mol. The highest BCUT2D eigenvalue weighted by Crippen LogP contribution is 2.32. The Morgan fingerprint density at radius 1 is 1.14 bits per heavy atom. The third-order valence-corrected chi connectivity index (χ3v) is 5.48. The second-order valence-corrected chi connectivity index (χ2v) is 7.86. The third kappa shape index (κ3) is 3.45. The lowest BCUT2D eigenvalue weighted by Gasteiger charge is -2.42. The maximum absolute atomic E-state index is 12.8. The van der Waals surface area contributed by atoms with Crippen LogP contribution in [0.3, 0.4) is 0 Å². The molecule has 0 spiro atoms. The zero-order chi connectivity index (χ0) is 15.7. The molecule has 124 valence electrons. The number of carbonyl (C=O) groups is 2. The second-order valence-electron chi connectivity index (χ2n) is 7.86. The van der Waals surface area contributed by atoms with Gasteiger partial charge < -0.3 is 15.5 Å². The minimum Gasteiger partial charge on any atom is -0.353 e. The quantitative estimate of drug-likeness (QED) is 0.826. The van der Waals surface area contributed by atoms with Crippen molar-refractivity contribution in [3.8, 4) is 0 Å². The van der Waals surface area contributed by atoms with Crippen LogP contribution >= 0.6 is 0 Å². The van der Waals surface area contributed by atoms with Crippen LogP contribution in [0.4, 0.5) is 0 Å². The van der Waals surface area contributed by atoms with Gasteiger partial charge in [0.15, 0.2) is 0 Å². The lowest BCUT2D eigenvalue weighted by atomic mass is 9.77. The highest BCUT2D eigenvalue weighted by molar-refractivity contribution is 5.83. The first kappa shape index (κ1) is 15.8. The summed E-state index contributed by atoms with van der Waals surface area (Å²) in [4.78, 5) is 26.6. The number of rotatable bonds is 3. The van der Waals surface area contributed by atoms with Gasteiger partial charge in [-0.2, -0.15) is 0 Å². The number of piperidine rings is 2. The van der Waals surface area contributed by atoms with E-state index in [9.17, 15) is 9.59 Å². The molecule has 0 radical (unpaired) electrons. The molecular formula is C17H29N3O2. The van der Waals surface area contributed by atoms with Crippen molar-refractivity contribution in [1.82, 2.24) is 15.5 Å². The van der Waals surface area contributed by atoms with Crippen molar-refractivity contribution in [3.05, 3.63) is 0 Å². The minimum atomic E-state index is -0.0566. The van der Waals surface area contributed by atoms with Crippen LogP contribution in [-0.2, 0) is 9.59 Å². The van der Waals surface area contributed by atoms with E-state index in [1.807, 2.05) is 4.90 Å². The number of nitrogens with one attached hydrogen (secondary N) is 2. The molecule has 22 heavy (non-hydrogen) atoms. The molecule has 1 atom stereocenters. The molecule has 3 aliphatic rings.